The molecule has 2 aliphatic rings. The Morgan fingerprint density at radius 2 is 1.36 bits per heavy atom. The van der Waals surface area contributed by atoms with Gasteiger partial charge in [-0.15, -0.1) is 0 Å². The van der Waals surface area contributed by atoms with E-state index in [1.54, 1.807) is 0 Å². The molecule has 1 saturated carbocycles. The second-order valence-electron chi connectivity index (χ2n) is 8.49. The summed E-state index contributed by atoms with van der Waals surface area (Å²) >= 11 is 0. The molecule has 1 aliphatic heterocycles. The summed E-state index contributed by atoms with van der Waals surface area (Å²) in [4.78, 5) is 26.1. The molecular weight excluding hydrogens is 607 g/mol. The summed E-state index contributed by atoms with van der Waals surface area (Å²) in [5, 5.41) is 2.34. The molecule has 22 heteroatoms. The topological polar surface area (TPSA) is 259 Å². The number of carbonyl (C=O) groups is 2. The minimum absolute atomic E-state index is 0. The van der Waals surface area contributed by atoms with Crippen LogP contribution in [-0.4, -0.2) is 113 Å². The summed E-state index contributed by atoms with van der Waals surface area (Å²) < 4.78 is 119. The fourth-order valence-electron chi connectivity index (χ4n) is 4.30. The zero-order valence-corrected chi connectivity index (χ0v) is 25.7. The molecule has 0 aromatic heterocycles. The first-order valence-electron chi connectivity index (χ1n) is 11.1. The molecule has 2 amide bonds. The quantitative estimate of drug-likeness (QED) is 0.116. The zero-order chi connectivity index (χ0) is 28.9. The molecule has 2 fully saturated rings. The van der Waals surface area contributed by atoms with Gasteiger partial charge in [0.15, 0.2) is 12.4 Å². The summed E-state index contributed by atoms with van der Waals surface area (Å²) in [5.41, 5.74) is 0. The predicted octanol–water partition coefficient (Wildman–Crippen LogP) is -4.78. The number of hydrogen-bond acceptors (Lipinski definition) is 13. The molecule has 0 unspecified atom stereocenters. The van der Waals surface area contributed by atoms with Crippen molar-refractivity contribution >= 4 is 43.0 Å². The van der Waals surface area contributed by atoms with Crippen LogP contribution in [0.2, 0.25) is 0 Å². The van der Waals surface area contributed by atoms with Crippen molar-refractivity contribution in [1.29, 1.82) is 0 Å². The Morgan fingerprint density at radius 1 is 0.872 bits per heavy atom. The molecule has 4 N–H and O–H groups in total. The third kappa shape index (κ3) is 12.5. The molecule has 0 radical (unpaired) electrons. The molecule has 18 nitrogen and oxygen atoms in total. The SMILES string of the molecule is CO[C@H]1O[C@H](CNC(=O)CN(C(C)=O)C2CCCCC2)[C@@H](OS(=O)(=O)O)[C@H](OS(=O)(=O)O)[C@@H]1OS(=O)(=O)O.[Na+]. The molecule has 222 valence electrons. The standard InChI is InChI=1S/C17H30N2O16S3.Na/c1-10(20)19(11-6-4-3-5-7-11)9-13(21)18-8-12-14(33-36(22,23)24)15(34-37(25,26)27)16(17(31-2)32-12)35-38(28,29)30;/h11-12,14-17H,3-9H2,1-2H3,(H,18,21)(H,22,23,24)(H,25,26,27)(H,28,29,30);/q;+1/t12-,14-,15+,16+,17+;/m1./s1. The fourth-order valence-corrected chi connectivity index (χ4v) is 5.79. The van der Waals surface area contributed by atoms with Crippen LogP contribution in [0.3, 0.4) is 0 Å². The van der Waals surface area contributed by atoms with Gasteiger partial charge in [0.05, 0.1) is 6.54 Å². The number of hydrogen-bond donors (Lipinski definition) is 4. The maximum Gasteiger partial charge on any atom is 1.00 e. The van der Waals surface area contributed by atoms with E-state index in [9.17, 15) is 39.4 Å². The van der Waals surface area contributed by atoms with E-state index in [1.165, 1.54) is 11.8 Å². The van der Waals surface area contributed by atoms with Crippen molar-refractivity contribution in [3.05, 3.63) is 0 Å². The van der Waals surface area contributed by atoms with E-state index in [0.29, 0.717) is 12.8 Å². The van der Waals surface area contributed by atoms with Gasteiger partial charge < -0.3 is 19.7 Å². The van der Waals surface area contributed by atoms with Gasteiger partial charge in [-0.05, 0) is 12.8 Å². The van der Waals surface area contributed by atoms with Crippen LogP contribution < -0.4 is 34.9 Å². The second-order valence-corrected chi connectivity index (χ2v) is 11.6. The normalized spacial score (nSPS) is 26.8. The average Bonchev–Trinajstić information content (AvgIpc) is 2.76. The van der Waals surface area contributed by atoms with Crippen molar-refractivity contribution in [2.75, 3.05) is 20.2 Å². The van der Waals surface area contributed by atoms with E-state index in [1.807, 2.05) is 0 Å². The van der Waals surface area contributed by atoms with Crippen LogP contribution in [0.5, 0.6) is 0 Å². The Kier molecular flexibility index (Phi) is 14.1. The molecule has 0 aromatic carbocycles. The van der Waals surface area contributed by atoms with Gasteiger partial charge in [-0.25, -0.2) is 12.5 Å². The smallest absolute Gasteiger partial charge is 0.353 e. The van der Waals surface area contributed by atoms with Gasteiger partial charge in [0.25, 0.3) is 0 Å². The molecule has 0 aromatic rings. The Morgan fingerprint density at radius 3 is 1.82 bits per heavy atom. The molecule has 0 bridgehead atoms. The first kappa shape index (κ1) is 36.5. The summed E-state index contributed by atoms with van der Waals surface area (Å²) in [6.45, 7) is 0.223. The molecule has 0 spiro atoms. The molecule has 5 atom stereocenters. The van der Waals surface area contributed by atoms with Crippen LogP contribution in [0.4, 0.5) is 0 Å². The number of methoxy groups -OCH3 is 1. The maximum absolute atomic E-state index is 12.6. The van der Waals surface area contributed by atoms with Crippen molar-refractivity contribution in [2.24, 2.45) is 0 Å². The van der Waals surface area contributed by atoms with Gasteiger partial charge in [0.1, 0.15) is 18.3 Å². The van der Waals surface area contributed by atoms with E-state index < -0.39 is 74.4 Å². The van der Waals surface area contributed by atoms with Gasteiger partial charge in [-0.2, -0.15) is 25.3 Å². The summed E-state index contributed by atoms with van der Waals surface area (Å²) in [5.74, 6) is -1.10. The molecule has 2 rings (SSSR count). The number of nitrogens with one attached hydrogen (secondary N) is 1. The number of nitrogens with zero attached hydrogens (tertiary/aromatic N) is 1. The summed E-state index contributed by atoms with van der Waals surface area (Å²) in [6.07, 6.45) is -6.57. The van der Waals surface area contributed by atoms with Crippen LogP contribution >= 0.6 is 0 Å². The number of amides is 2. The second kappa shape index (κ2) is 15.1. The zero-order valence-electron chi connectivity index (χ0n) is 21.2. The van der Waals surface area contributed by atoms with Gasteiger partial charge in [-0.1, -0.05) is 19.3 Å². The first-order chi connectivity index (χ1) is 17.4. The van der Waals surface area contributed by atoms with Gasteiger partial charge in [-0.3, -0.25) is 23.2 Å². The summed E-state index contributed by atoms with van der Waals surface area (Å²) in [7, 11) is -15.4. The minimum atomic E-state index is -5.48. The van der Waals surface area contributed by atoms with E-state index >= 15 is 0 Å². The molecule has 1 aliphatic carbocycles. The fraction of sp³-hybridized carbons (Fsp3) is 0.882. The first-order valence-corrected chi connectivity index (χ1v) is 15.2. The largest absolute Gasteiger partial charge is 1.00 e. The van der Waals surface area contributed by atoms with E-state index in [2.05, 4.69) is 17.9 Å². The monoisotopic (exact) mass is 637 g/mol. The van der Waals surface area contributed by atoms with Crippen molar-refractivity contribution in [3.8, 4) is 0 Å². The Balaban J connectivity index is 0.00000760. The molecule has 1 saturated heterocycles. The number of carbonyl (C=O) groups excluding carboxylic acids is 2. The summed E-state index contributed by atoms with van der Waals surface area (Å²) in [6, 6.07) is -0.169. The predicted molar refractivity (Wildman–Crippen MR) is 122 cm³/mol. The molecule has 39 heavy (non-hydrogen) atoms. The minimum Gasteiger partial charge on any atom is -0.353 e. The van der Waals surface area contributed by atoms with E-state index in [-0.39, 0.29) is 48.1 Å². The van der Waals surface area contributed by atoms with Crippen LogP contribution in [0.1, 0.15) is 39.0 Å². The maximum atomic E-state index is 12.6. The third-order valence-corrected chi connectivity index (χ3v) is 7.15. The average molecular weight is 638 g/mol. The number of rotatable bonds is 12. The van der Waals surface area contributed by atoms with Crippen molar-refractivity contribution in [2.45, 2.75) is 75.8 Å². The van der Waals surface area contributed by atoms with E-state index in [4.69, 9.17) is 18.6 Å². The van der Waals surface area contributed by atoms with E-state index in [0.717, 1.165) is 26.4 Å². The van der Waals surface area contributed by atoms with Crippen LogP contribution in [0.25, 0.3) is 0 Å². The van der Waals surface area contributed by atoms with Gasteiger partial charge >= 0.3 is 60.8 Å². The van der Waals surface area contributed by atoms with Crippen molar-refractivity contribution in [1.82, 2.24) is 10.2 Å². The number of ether oxygens (including phenoxy) is 2. The molecular formula is C17H30N2NaO16S3+. The van der Waals surface area contributed by atoms with Crippen LogP contribution in [0, 0.1) is 0 Å². The third-order valence-electron chi connectivity index (χ3n) is 5.76. The van der Waals surface area contributed by atoms with Crippen molar-refractivity contribution < 1.29 is 100 Å². The van der Waals surface area contributed by atoms with Crippen LogP contribution in [0.15, 0.2) is 0 Å². The Bertz CT molecular complexity index is 1160. The Hall–Kier alpha value is -0.530. The van der Waals surface area contributed by atoms with Crippen molar-refractivity contribution in [3.63, 3.8) is 0 Å². The van der Waals surface area contributed by atoms with Gasteiger partial charge in [0.2, 0.25) is 11.8 Å². The molecule has 1 heterocycles. The Labute approximate surface area is 248 Å². The van der Waals surface area contributed by atoms with Crippen LogP contribution in [-0.2, 0) is 62.8 Å². The van der Waals surface area contributed by atoms with Gasteiger partial charge in [0, 0.05) is 26.6 Å².